The molecule has 0 radical (unpaired) electrons. The zero-order valence-electron chi connectivity index (χ0n) is 11.1. The van der Waals surface area contributed by atoms with Gasteiger partial charge >= 0.3 is 5.97 Å². The molecule has 0 saturated carbocycles. The van der Waals surface area contributed by atoms with Crippen LogP contribution in [0, 0.1) is 5.41 Å². The molecule has 19 heavy (non-hydrogen) atoms. The Morgan fingerprint density at radius 1 is 1.42 bits per heavy atom. The summed E-state index contributed by atoms with van der Waals surface area (Å²) >= 11 is 0. The number of hydrogen-bond donors (Lipinski definition) is 2. The summed E-state index contributed by atoms with van der Waals surface area (Å²) in [6, 6.07) is 4.91. The molecule has 2 rings (SSSR count). The largest absolute Gasteiger partial charge is 0.478 e. The van der Waals surface area contributed by atoms with Crippen molar-refractivity contribution in [3.63, 3.8) is 0 Å². The van der Waals surface area contributed by atoms with Gasteiger partial charge in [0.15, 0.2) is 0 Å². The number of fused-ring (bicyclic) bond motifs is 1. The fourth-order valence-corrected chi connectivity index (χ4v) is 2.16. The number of carbonyl (C=O) groups is 1. The number of aromatic carboxylic acids is 1. The third kappa shape index (κ3) is 2.93. The minimum absolute atomic E-state index is 0.0678. The van der Waals surface area contributed by atoms with Crippen molar-refractivity contribution >= 4 is 17.0 Å². The number of benzene rings is 1. The standard InChI is InChI=1S/C14H18N2O3/c1-14(2,5-6-17)8-16-9-15-11-4-3-10(13(18)19)7-12(11)16/h3-4,7,9,17H,5-6,8H2,1-2H3,(H,18,19). The number of aromatic nitrogens is 2. The first-order valence-corrected chi connectivity index (χ1v) is 6.22. The summed E-state index contributed by atoms with van der Waals surface area (Å²) in [5, 5.41) is 18.1. The maximum atomic E-state index is 11.0. The second-order valence-corrected chi connectivity index (χ2v) is 5.52. The molecule has 0 aliphatic carbocycles. The number of hydrogen-bond acceptors (Lipinski definition) is 3. The summed E-state index contributed by atoms with van der Waals surface area (Å²) < 4.78 is 1.94. The highest BCUT2D eigenvalue weighted by Crippen LogP contribution is 2.25. The van der Waals surface area contributed by atoms with Crippen LogP contribution in [0.1, 0.15) is 30.6 Å². The lowest BCUT2D eigenvalue weighted by atomic mass is 9.89. The topological polar surface area (TPSA) is 75.3 Å². The highest BCUT2D eigenvalue weighted by molar-refractivity contribution is 5.92. The monoisotopic (exact) mass is 262 g/mol. The summed E-state index contributed by atoms with van der Waals surface area (Å²) in [5.41, 5.74) is 1.78. The van der Waals surface area contributed by atoms with E-state index in [9.17, 15) is 4.79 Å². The molecule has 0 amide bonds. The van der Waals surface area contributed by atoms with E-state index in [2.05, 4.69) is 18.8 Å². The molecule has 0 unspecified atom stereocenters. The van der Waals surface area contributed by atoms with Gasteiger partial charge in [0, 0.05) is 13.2 Å². The van der Waals surface area contributed by atoms with Gasteiger partial charge in [-0.15, -0.1) is 0 Å². The maximum absolute atomic E-state index is 11.0. The van der Waals surface area contributed by atoms with Crippen molar-refractivity contribution in [3.8, 4) is 0 Å². The molecular formula is C14H18N2O3. The second-order valence-electron chi connectivity index (χ2n) is 5.52. The van der Waals surface area contributed by atoms with E-state index in [0.29, 0.717) is 13.0 Å². The summed E-state index contributed by atoms with van der Waals surface area (Å²) in [6.07, 6.45) is 2.40. The molecule has 0 atom stereocenters. The van der Waals surface area contributed by atoms with Gasteiger partial charge in [0.2, 0.25) is 0 Å². The molecule has 1 aromatic heterocycles. The second kappa shape index (κ2) is 5.01. The van der Waals surface area contributed by atoms with Gasteiger partial charge in [-0.25, -0.2) is 9.78 Å². The van der Waals surface area contributed by atoms with E-state index in [1.165, 1.54) is 0 Å². The molecule has 0 aliphatic rings. The van der Waals surface area contributed by atoms with Crippen molar-refractivity contribution in [1.82, 2.24) is 9.55 Å². The zero-order chi connectivity index (χ0) is 14.0. The molecule has 1 aromatic carbocycles. The highest BCUT2D eigenvalue weighted by atomic mass is 16.4. The number of aliphatic hydroxyl groups excluding tert-OH is 1. The van der Waals surface area contributed by atoms with Crippen LogP contribution in [0.3, 0.4) is 0 Å². The van der Waals surface area contributed by atoms with Gasteiger partial charge in [0.05, 0.1) is 22.9 Å². The quantitative estimate of drug-likeness (QED) is 0.865. The molecular weight excluding hydrogens is 244 g/mol. The van der Waals surface area contributed by atoms with E-state index >= 15 is 0 Å². The first-order chi connectivity index (χ1) is 8.93. The summed E-state index contributed by atoms with van der Waals surface area (Å²) in [6.45, 7) is 4.96. The maximum Gasteiger partial charge on any atom is 0.335 e. The Balaban J connectivity index is 2.38. The lowest BCUT2D eigenvalue weighted by Crippen LogP contribution is -2.20. The molecule has 0 aliphatic heterocycles. The van der Waals surface area contributed by atoms with Gasteiger partial charge in [-0.3, -0.25) is 0 Å². The van der Waals surface area contributed by atoms with Crippen molar-refractivity contribution in [1.29, 1.82) is 0 Å². The highest BCUT2D eigenvalue weighted by Gasteiger charge is 2.19. The fraction of sp³-hybridized carbons (Fsp3) is 0.429. The molecule has 5 nitrogen and oxygen atoms in total. The predicted molar refractivity (Wildman–Crippen MR) is 72.2 cm³/mol. The Morgan fingerprint density at radius 2 is 2.16 bits per heavy atom. The Hall–Kier alpha value is -1.88. The van der Waals surface area contributed by atoms with Crippen molar-refractivity contribution < 1.29 is 15.0 Å². The van der Waals surface area contributed by atoms with Crippen LogP contribution in [-0.4, -0.2) is 32.3 Å². The first kappa shape index (κ1) is 13.5. The summed E-state index contributed by atoms with van der Waals surface area (Å²) in [7, 11) is 0. The molecule has 0 spiro atoms. The molecule has 5 heteroatoms. The molecule has 2 aromatic rings. The number of imidazole rings is 1. The molecule has 0 bridgehead atoms. The molecule has 0 saturated heterocycles. The summed E-state index contributed by atoms with van der Waals surface area (Å²) in [5.74, 6) is -0.940. The fourth-order valence-electron chi connectivity index (χ4n) is 2.16. The van der Waals surface area contributed by atoms with Gasteiger partial charge in [0.1, 0.15) is 0 Å². The number of nitrogens with zero attached hydrogens (tertiary/aromatic N) is 2. The van der Waals surface area contributed by atoms with E-state index in [1.807, 2.05) is 4.57 Å². The number of rotatable bonds is 5. The van der Waals surface area contributed by atoms with E-state index < -0.39 is 5.97 Å². The molecule has 102 valence electrons. The minimum atomic E-state index is -0.940. The third-order valence-corrected chi connectivity index (χ3v) is 3.25. The van der Waals surface area contributed by atoms with Crippen LogP contribution in [0.4, 0.5) is 0 Å². The minimum Gasteiger partial charge on any atom is -0.478 e. The van der Waals surface area contributed by atoms with Gasteiger partial charge in [-0.05, 0) is 30.0 Å². The number of aliphatic hydroxyl groups is 1. The van der Waals surface area contributed by atoms with E-state index in [0.717, 1.165) is 11.0 Å². The van der Waals surface area contributed by atoms with Crippen molar-refractivity contribution in [2.24, 2.45) is 5.41 Å². The van der Waals surface area contributed by atoms with Gasteiger partial charge in [0.25, 0.3) is 0 Å². The Morgan fingerprint density at radius 3 is 2.79 bits per heavy atom. The van der Waals surface area contributed by atoms with E-state index in [-0.39, 0.29) is 17.6 Å². The molecule has 1 heterocycles. The molecule has 2 N–H and O–H groups in total. The van der Waals surface area contributed by atoms with Crippen molar-refractivity contribution in [2.45, 2.75) is 26.8 Å². The van der Waals surface area contributed by atoms with Gasteiger partial charge in [-0.2, -0.15) is 0 Å². The molecule has 0 fully saturated rings. The van der Waals surface area contributed by atoms with Crippen LogP contribution < -0.4 is 0 Å². The summed E-state index contributed by atoms with van der Waals surface area (Å²) in [4.78, 5) is 15.3. The predicted octanol–water partition coefficient (Wildman–Crippen LogP) is 2.14. The number of carboxylic acids is 1. The van der Waals surface area contributed by atoms with Crippen LogP contribution >= 0.6 is 0 Å². The lowest BCUT2D eigenvalue weighted by Gasteiger charge is -2.24. The first-order valence-electron chi connectivity index (χ1n) is 6.22. The lowest BCUT2D eigenvalue weighted by molar-refractivity contribution is 0.0697. The average Bonchev–Trinajstić information content (AvgIpc) is 2.71. The van der Waals surface area contributed by atoms with Crippen LogP contribution in [0.15, 0.2) is 24.5 Å². The normalized spacial score (nSPS) is 11.9. The van der Waals surface area contributed by atoms with Gasteiger partial charge in [-0.1, -0.05) is 13.8 Å². The van der Waals surface area contributed by atoms with Crippen LogP contribution in [0.5, 0.6) is 0 Å². The van der Waals surface area contributed by atoms with Crippen LogP contribution in [0.25, 0.3) is 11.0 Å². The van der Waals surface area contributed by atoms with Crippen molar-refractivity contribution in [3.05, 3.63) is 30.1 Å². The Bertz CT molecular complexity index is 602. The SMILES string of the molecule is CC(C)(CCO)Cn1cnc2ccc(C(=O)O)cc21. The number of carboxylic acid groups (broad SMARTS) is 1. The smallest absolute Gasteiger partial charge is 0.335 e. The Kier molecular flexibility index (Phi) is 3.57. The van der Waals surface area contributed by atoms with Gasteiger partial charge < -0.3 is 14.8 Å². The zero-order valence-corrected chi connectivity index (χ0v) is 11.1. The van der Waals surface area contributed by atoms with Crippen molar-refractivity contribution in [2.75, 3.05) is 6.61 Å². The van der Waals surface area contributed by atoms with Crippen LogP contribution in [0.2, 0.25) is 0 Å². The third-order valence-electron chi connectivity index (χ3n) is 3.25. The Labute approximate surface area is 111 Å². The average molecular weight is 262 g/mol. The van der Waals surface area contributed by atoms with Crippen LogP contribution in [-0.2, 0) is 6.54 Å². The van der Waals surface area contributed by atoms with E-state index in [4.69, 9.17) is 10.2 Å². The van der Waals surface area contributed by atoms with E-state index in [1.54, 1.807) is 24.5 Å².